The van der Waals surface area contributed by atoms with Crippen LogP contribution in [0.15, 0.2) is 23.0 Å². The van der Waals surface area contributed by atoms with Crippen LogP contribution in [-0.2, 0) is 34.8 Å². The van der Waals surface area contributed by atoms with Crippen LogP contribution in [0, 0.1) is 16.7 Å². The van der Waals surface area contributed by atoms with Crippen LogP contribution in [0.3, 0.4) is 0 Å². The van der Waals surface area contributed by atoms with Gasteiger partial charge in [0.15, 0.2) is 5.60 Å². The Labute approximate surface area is 250 Å². The van der Waals surface area contributed by atoms with E-state index in [-0.39, 0.29) is 30.4 Å². The molecule has 3 heterocycles. The Kier molecular flexibility index (Phi) is 5.62. The molecule has 0 radical (unpaired) electrons. The number of hydrogen-bond acceptors (Lipinski definition) is 10. The maximum atomic E-state index is 13.9. The summed E-state index contributed by atoms with van der Waals surface area (Å²) in [5.41, 5.74) is -3.28. The topological polar surface area (TPSA) is 145 Å². The largest absolute Gasteiger partial charge is 0.472 e. The van der Waals surface area contributed by atoms with Crippen molar-refractivity contribution in [2.45, 2.75) is 108 Å². The highest BCUT2D eigenvalue weighted by Gasteiger charge is 2.88. The van der Waals surface area contributed by atoms with Gasteiger partial charge in [0.05, 0.1) is 36.6 Å². The molecule has 2 aromatic heterocycles. The van der Waals surface area contributed by atoms with E-state index in [1.807, 2.05) is 27.7 Å². The van der Waals surface area contributed by atoms with Crippen molar-refractivity contribution in [3.63, 3.8) is 0 Å². The maximum Gasteiger partial charge on any atom is 0.340 e. The van der Waals surface area contributed by atoms with Gasteiger partial charge in [0.25, 0.3) is 0 Å². The van der Waals surface area contributed by atoms with Crippen LogP contribution < -0.4 is 0 Å². The van der Waals surface area contributed by atoms with Crippen molar-refractivity contribution in [2.24, 2.45) is 16.7 Å². The summed E-state index contributed by atoms with van der Waals surface area (Å²) in [6.07, 6.45) is 2.58. The minimum atomic E-state index is -2.09. The second-order valence-corrected chi connectivity index (χ2v) is 14.4. The fraction of sp³-hybridized carbons (Fsp3) is 0.636. The first-order valence-corrected chi connectivity index (χ1v) is 15.1. The average molecular weight is 594 g/mol. The summed E-state index contributed by atoms with van der Waals surface area (Å²) in [4.78, 5) is 44.5. The molecule has 10 heteroatoms. The molecule has 2 saturated carbocycles. The Bertz CT molecular complexity index is 1580. The van der Waals surface area contributed by atoms with E-state index in [1.54, 1.807) is 18.6 Å². The van der Waals surface area contributed by atoms with Crippen molar-refractivity contribution in [2.75, 3.05) is 7.11 Å². The van der Waals surface area contributed by atoms with Crippen molar-refractivity contribution in [3.8, 4) is 0 Å². The molecule has 5 aliphatic rings. The Hall–Kier alpha value is -3.24. The number of aliphatic hydroxyl groups is 2. The summed E-state index contributed by atoms with van der Waals surface area (Å²) in [7, 11) is 1.33. The Morgan fingerprint density at radius 2 is 1.93 bits per heavy atom. The minimum absolute atomic E-state index is 0.0257. The number of hydrogen-bond donors (Lipinski definition) is 2. The van der Waals surface area contributed by atoms with Crippen LogP contribution >= 0.6 is 0 Å². The number of fused-ring (bicyclic) bond motifs is 3. The van der Waals surface area contributed by atoms with E-state index in [0.717, 1.165) is 11.1 Å². The van der Waals surface area contributed by atoms with Gasteiger partial charge < -0.3 is 28.8 Å². The predicted octanol–water partition coefficient (Wildman–Crippen LogP) is 4.32. The van der Waals surface area contributed by atoms with Gasteiger partial charge in [-0.25, -0.2) is 4.79 Å². The van der Waals surface area contributed by atoms with Gasteiger partial charge in [-0.1, -0.05) is 34.6 Å². The molecular weight excluding hydrogens is 554 g/mol. The zero-order chi connectivity index (χ0) is 31.1. The van der Waals surface area contributed by atoms with Crippen molar-refractivity contribution in [3.05, 3.63) is 52.2 Å². The number of esters is 3. The number of cyclic esters (lactones) is 1. The van der Waals surface area contributed by atoms with Gasteiger partial charge in [0.1, 0.15) is 17.8 Å². The van der Waals surface area contributed by atoms with Gasteiger partial charge in [0.2, 0.25) is 0 Å². The molecule has 1 unspecified atom stereocenters. The highest BCUT2D eigenvalue weighted by molar-refractivity contribution is 5.95. The molecule has 7 rings (SSSR count). The summed E-state index contributed by atoms with van der Waals surface area (Å²) in [5, 5.41) is 26.0. The molecule has 0 saturated heterocycles. The summed E-state index contributed by atoms with van der Waals surface area (Å²) >= 11 is 0. The van der Waals surface area contributed by atoms with E-state index in [1.165, 1.54) is 14.0 Å². The molecule has 0 spiro atoms. The van der Waals surface area contributed by atoms with E-state index in [4.69, 9.17) is 23.6 Å². The van der Waals surface area contributed by atoms with Gasteiger partial charge in [-0.3, -0.25) is 14.6 Å². The highest BCUT2D eigenvalue weighted by atomic mass is 16.6. The number of ether oxygens (including phenoxy) is 3. The molecule has 2 fully saturated rings. The van der Waals surface area contributed by atoms with Crippen LogP contribution in [0.1, 0.15) is 124 Å². The second-order valence-electron chi connectivity index (χ2n) is 14.4. The van der Waals surface area contributed by atoms with E-state index >= 15 is 0 Å². The summed E-state index contributed by atoms with van der Waals surface area (Å²) in [6, 6.07) is 1.79. The molecular formula is C33H39NO9. The van der Waals surface area contributed by atoms with Crippen molar-refractivity contribution < 1.29 is 43.2 Å². The van der Waals surface area contributed by atoms with E-state index < -0.39 is 63.5 Å². The van der Waals surface area contributed by atoms with Gasteiger partial charge >= 0.3 is 17.9 Å². The summed E-state index contributed by atoms with van der Waals surface area (Å²) < 4.78 is 22.6. The molecule has 9 atom stereocenters. The predicted molar refractivity (Wildman–Crippen MR) is 150 cm³/mol. The standard InChI is InChI=1S/C33H39NO9/c1-15(2)24-22-23-21-18(8-10-29(23,4)26(43-27(22)37)17-9-11-41-13-17)31(6)19(12-20(36)40-7)30(5)14-32(31,38)33(39,25(21)34-24)28(30)42-16(3)35/h9,11,13,15,18-19,26,28,38-39H,8,10,12,14H2,1-7H3/t18-,19-,26-,28-,29+,30?,31+,32+,33+/m0/s1. The number of methoxy groups -OCH3 is 1. The number of furan rings is 1. The third-order valence-corrected chi connectivity index (χ3v) is 12.2. The van der Waals surface area contributed by atoms with Crippen LogP contribution in [0.4, 0.5) is 0 Å². The molecule has 2 bridgehead atoms. The normalized spacial score (nSPS) is 41.6. The molecule has 2 N–H and O–H groups in total. The molecule has 230 valence electrons. The lowest BCUT2D eigenvalue weighted by Crippen LogP contribution is -2.73. The quantitative estimate of drug-likeness (QED) is 0.380. The average Bonchev–Trinajstić information content (AvgIpc) is 3.58. The maximum absolute atomic E-state index is 13.9. The Morgan fingerprint density at radius 1 is 1.21 bits per heavy atom. The van der Waals surface area contributed by atoms with Crippen LogP contribution in [0.2, 0.25) is 0 Å². The number of carbonyl (C=O) groups is 3. The third kappa shape index (κ3) is 3.02. The van der Waals surface area contributed by atoms with Gasteiger partial charge in [0, 0.05) is 35.2 Å². The van der Waals surface area contributed by atoms with Gasteiger partial charge in [-0.05, 0) is 54.2 Å². The van der Waals surface area contributed by atoms with E-state index in [0.29, 0.717) is 29.7 Å². The summed E-state index contributed by atoms with van der Waals surface area (Å²) in [6.45, 7) is 11.0. The number of aromatic nitrogens is 1. The molecule has 10 nitrogen and oxygen atoms in total. The fourth-order valence-corrected chi connectivity index (χ4v) is 10.5. The lowest BCUT2D eigenvalue weighted by molar-refractivity contribution is -0.285. The Balaban J connectivity index is 1.60. The zero-order valence-electron chi connectivity index (χ0n) is 25.6. The lowest BCUT2D eigenvalue weighted by Gasteiger charge is -2.66. The molecule has 2 aromatic rings. The fourth-order valence-electron chi connectivity index (χ4n) is 10.5. The Morgan fingerprint density at radius 3 is 2.53 bits per heavy atom. The van der Waals surface area contributed by atoms with Crippen LogP contribution in [0.25, 0.3) is 0 Å². The van der Waals surface area contributed by atoms with Crippen LogP contribution in [0.5, 0.6) is 0 Å². The number of carbonyl (C=O) groups excluding carboxylic acids is 3. The van der Waals surface area contributed by atoms with Gasteiger partial charge in [-0.15, -0.1) is 0 Å². The molecule has 0 amide bonds. The van der Waals surface area contributed by atoms with Crippen LogP contribution in [-0.4, -0.2) is 51.9 Å². The molecule has 1 aliphatic heterocycles. The number of nitrogens with zero attached hydrogens (tertiary/aromatic N) is 1. The number of pyridine rings is 1. The molecule has 43 heavy (non-hydrogen) atoms. The minimum Gasteiger partial charge on any atom is -0.472 e. The highest BCUT2D eigenvalue weighted by Crippen LogP contribution is 2.82. The van der Waals surface area contributed by atoms with Crippen molar-refractivity contribution in [1.82, 2.24) is 4.98 Å². The second kappa shape index (κ2) is 8.47. The monoisotopic (exact) mass is 593 g/mol. The first-order valence-electron chi connectivity index (χ1n) is 15.1. The smallest absolute Gasteiger partial charge is 0.340 e. The lowest BCUT2D eigenvalue weighted by atomic mass is 9.42. The number of rotatable bonds is 5. The van der Waals surface area contributed by atoms with E-state index in [2.05, 4.69) is 6.92 Å². The summed E-state index contributed by atoms with van der Waals surface area (Å²) in [5.74, 6) is -2.64. The molecule has 4 aliphatic carbocycles. The van der Waals surface area contributed by atoms with Crippen molar-refractivity contribution in [1.29, 1.82) is 0 Å². The first kappa shape index (κ1) is 28.5. The van der Waals surface area contributed by atoms with Crippen molar-refractivity contribution >= 4 is 17.9 Å². The first-order chi connectivity index (χ1) is 20.1. The van der Waals surface area contributed by atoms with Gasteiger partial charge in [-0.2, -0.15) is 0 Å². The zero-order valence-corrected chi connectivity index (χ0v) is 25.6. The van der Waals surface area contributed by atoms with E-state index in [9.17, 15) is 24.6 Å². The third-order valence-electron chi connectivity index (χ3n) is 12.2. The molecule has 0 aromatic carbocycles. The SMILES string of the molecule is COC(=O)C[C@H]1C2(C)C[C@@]3(O)[C@]1(C)[C@H]1CC[C@]4(C)c5c(c(C(C)C)nc(c51)[C@@]3(O)[C@H]2OC(C)=O)C(=O)O[C@H]4c1ccoc1.